The van der Waals surface area contributed by atoms with Crippen LogP contribution in [0.1, 0.15) is 12.0 Å². The van der Waals surface area contributed by atoms with Gasteiger partial charge in [0.05, 0.1) is 18.1 Å². The molecule has 0 aromatic heterocycles. The number of amides is 1. The van der Waals surface area contributed by atoms with Crippen LogP contribution < -0.4 is 0 Å². The predicted molar refractivity (Wildman–Crippen MR) is 70.2 cm³/mol. The number of hydrogen-bond donors (Lipinski definition) is 1. The van der Waals surface area contributed by atoms with Crippen LogP contribution in [0.4, 0.5) is 0 Å². The van der Waals surface area contributed by atoms with Crippen LogP contribution in [0.25, 0.3) is 0 Å². The van der Waals surface area contributed by atoms with Gasteiger partial charge in [-0.3, -0.25) is 4.79 Å². The van der Waals surface area contributed by atoms with Crippen LogP contribution in [0.5, 0.6) is 0 Å². The van der Waals surface area contributed by atoms with E-state index in [1.54, 1.807) is 0 Å². The van der Waals surface area contributed by atoms with Crippen molar-refractivity contribution in [2.75, 3.05) is 0 Å². The lowest BCUT2D eigenvalue weighted by molar-refractivity contribution is -0.152. The van der Waals surface area contributed by atoms with Gasteiger partial charge in [0.15, 0.2) is 0 Å². The quantitative estimate of drug-likeness (QED) is 0.873. The molecule has 4 nitrogen and oxygen atoms in total. The van der Waals surface area contributed by atoms with Crippen molar-refractivity contribution in [3.05, 3.63) is 35.9 Å². The van der Waals surface area contributed by atoms with Gasteiger partial charge in [-0.05, 0) is 23.8 Å². The number of fused-ring (bicyclic) bond motifs is 2. The molecule has 2 saturated heterocycles. The summed E-state index contributed by atoms with van der Waals surface area (Å²) >= 11 is 0. The second-order valence-electron chi connectivity index (χ2n) is 6.60. The molecule has 2 aliphatic carbocycles. The summed E-state index contributed by atoms with van der Waals surface area (Å²) in [6.07, 6.45) is 0.416. The zero-order chi connectivity index (χ0) is 13.4. The molecule has 1 amide bonds. The van der Waals surface area contributed by atoms with Crippen molar-refractivity contribution >= 4 is 5.91 Å². The number of rotatable bonds is 2. The lowest BCUT2D eigenvalue weighted by Gasteiger charge is -2.30. The Morgan fingerprint density at radius 2 is 2.05 bits per heavy atom. The number of aliphatic hydroxyl groups excluding tert-OH is 1. The van der Waals surface area contributed by atoms with E-state index in [9.17, 15) is 9.90 Å². The standard InChI is InChI=1S/C16H17NO3/c18-13-9-6-10-12-11(9)15(19)17(16(12)20-14(10)13)7-8-4-2-1-3-5-8/h1-5,9-14,16,18H,6-7H2/t9-,10-,11-,12+,13+,14+,16-/m1/s1. The number of aliphatic hydroxyl groups is 1. The lowest BCUT2D eigenvalue weighted by atomic mass is 9.80. The molecule has 1 aromatic rings. The van der Waals surface area contributed by atoms with Crippen LogP contribution in [0, 0.1) is 23.7 Å². The highest BCUT2D eigenvalue weighted by molar-refractivity contribution is 5.83. The van der Waals surface area contributed by atoms with Crippen molar-refractivity contribution in [3.8, 4) is 0 Å². The Morgan fingerprint density at radius 3 is 2.85 bits per heavy atom. The van der Waals surface area contributed by atoms with Gasteiger partial charge in [-0.2, -0.15) is 0 Å². The van der Waals surface area contributed by atoms with Crippen molar-refractivity contribution in [3.63, 3.8) is 0 Å². The molecule has 4 aliphatic rings. The summed E-state index contributed by atoms with van der Waals surface area (Å²) < 4.78 is 6.05. The summed E-state index contributed by atoms with van der Waals surface area (Å²) in [4.78, 5) is 14.6. The minimum absolute atomic E-state index is 0.00228. The third kappa shape index (κ3) is 1.18. The first-order valence-electron chi connectivity index (χ1n) is 7.43. The summed E-state index contributed by atoms with van der Waals surface area (Å²) in [5.41, 5.74) is 1.14. The molecule has 2 heterocycles. The van der Waals surface area contributed by atoms with Gasteiger partial charge in [0.2, 0.25) is 5.91 Å². The van der Waals surface area contributed by atoms with Gasteiger partial charge >= 0.3 is 0 Å². The van der Waals surface area contributed by atoms with Crippen molar-refractivity contribution in [1.29, 1.82) is 0 Å². The molecular formula is C16H17NO3. The summed E-state index contributed by atoms with van der Waals surface area (Å²) in [7, 11) is 0. The Bertz CT molecular complexity index is 574. The van der Waals surface area contributed by atoms with E-state index < -0.39 is 6.10 Å². The molecule has 0 spiro atoms. The van der Waals surface area contributed by atoms with E-state index >= 15 is 0 Å². The number of carbonyl (C=O) groups is 1. The van der Waals surface area contributed by atoms with Crippen LogP contribution in [-0.4, -0.2) is 34.3 Å². The first-order chi connectivity index (χ1) is 9.75. The molecule has 0 radical (unpaired) electrons. The zero-order valence-corrected chi connectivity index (χ0v) is 11.1. The van der Waals surface area contributed by atoms with Crippen LogP contribution in [-0.2, 0) is 16.1 Å². The largest absolute Gasteiger partial charge is 0.390 e. The van der Waals surface area contributed by atoms with Crippen LogP contribution in [0.3, 0.4) is 0 Å². The summed E-state index contributed by atoms with van der Waals surface area (Å²) in [5, 5.41) is 10.2. The maximum absolute atomic E-state index is 12.7. The Morgan fingerprint density at radius 1 is 1.25 bits per heavy atom. The average molecular weight is 271 g/mol. The van der Waals surface area contributed by atoms with Crippen molar-refractivity contribution < 1.29 is 14.6 Å². The number of hydrogen-bond acceptors (Lipinski definition) is 3. The fourth-order valence-corrected chi connectivity index (χ4v) is 5.09. The van der Waals surface area contributed by atoms with E-state index in [0.29, 0.717) is 18.4 Å². The number of likely N-dealkylation sites (tertiary alicyclic amines) is 1. The summed E-state index contributed by atoms with van der Waals surface area (Å²) in [6, 6.07) is 10.1. The summed E-state index contributed by atoms with van der Waals surface area (Å²) in [6.45, 7) is 0.625. The molecule has 5 rings (SSSR count). The second kappa shape index (κ2) is 3.62. The topological polar surface area (TPSA) is 49.8 Å². The highest BCUT2D eigenvalue weighted by Crippen LogP contribution is 2.63. The normalized spacial score (nSPS) is 47.5. The first kappa shape index (κ1) is 11.3. The van der Waals surface area contributed by atoms with Gasteiger partial charge in [-0.15, -0.1) is 0 Å². The minimum Gasteiger partial charge on any atom is -0.390 e. The molecule has 20 heavy (non-hydrogen) atoms. The van der Waals surface area contributed by atoms with E-state index in [4.69, 9.17) is 4.74 Å². The van der Waals surface area contributed by atoms with E-state index in [1.807, 2.05) is 35.2 Å². The fraction of sp³-hybridized carbons (Fsp3) is 0.562. The molecule has 4 fully saturated rings. The van der Waals surface area contributed by atoms with Gasteiger partial charge in [0, 0.05) is 12.5 Å². The molecule has 2 aliphatic heterocycles. The highest BCUT2D eigenvalue weighted by atomic mass is 16.5. The SMILES string of the molecule is O=C1[C@@H]2[C@H]3C[C@H]4[C@H](O[C@H]([C@@H]42)N1Cc1ccccc1)[C@H]3O. The molecule has 4 heteroatoms. The Hall–Kier alpha value is -1.39. The van der Waals surface area contributed by atoms with E-state index in [-0.39, 0.29) is 30.1 Å². The average Bonchev–Trinajstić information content (AvgIpc) is 3.12. The van der Waals surface area contributed by atoms with E-state index in [1.165, 1.54) is 0 Å². The highest BCUT2D eigenvalue weighted by Gasteiger charge is 2.72. The van der Waals surface area contributed by atoms with Gasteiger partial charge in [-0.25, -0.2) is 0 Å². The van der Waals surface area contributed by atoms with E-state index in [0.717, 1.165) is 12.0 Å². The molecular weight excluding hydrogens is 254 g/mol. The van der Waals surface area contributed by atoms with Gasteiger partial charge in [0.1, 0.15) is 6.23 Å². The predicted octanol–water partition coefficient (Wildman–Crippen LogP) is 0.997. The number of benzene rings is 1. The Kier molecular flexibility index (Phi) is 2.05. The smallest absolute Gasteiger partial charge is 0.228 e. The number of carbonyl (C=O) groups excluding carboxylic acids is 1. The molecule has 0 unspecified atom stereocenters. The zero-order valence-electron chi connectivity index (χ0n) is 11.1. The van der Waals surface area contributed by atoms with Crippen molar-refractivity contribution in [2.24, 2.45) is 23.7 Å². The third-order valence-corrected chi connectivity index (χ3v) is 5.81. The summed E-state index contributed by atoms with van der Waals surface area (Å²) in [5.74, 6) is 1.05. The van der Waals surface area contributed by atoms with Crippen molar-refractivity contribution in [1.82, 2.24) is 4.90 Å². The molecule has 2 saturated carbocycles. The Labute approximate surface area is 117 Å². The first-order valence-corrected chi connectivity index (χ1v) is 7.43. The number of nitrogens with zero attached hydrogens (tertiary/aromatic N) is 1. The maximum Gasteiger partial charge on any atom is 0.228 e. The monoisotopic (exact) mass is 271 g/mol. The van der Waals surface area contributed by atoms with Gasteiger partial charge in [0.25, 0.3) is 0 Å². The molecule has 1 N–H and O–H groups in total. The van der Waals surface area contributed by atoms with Crippen LogP contribution in [0.2, 0.25) is 0 Å². The fourth-order valence-electron chi connectivity index (χ4n) is 5.09. The van der Waals surface area contributed by atoms with Gasteiger partial charge < -0.3 is 14.7 Å². The van der Waals surface area contributed by atoms with Crippen LogP contribution >= 0.6 is 0 Å². The van der Waals surface area contributed by atoms with Crippen molar-refractivity contribution in [2.45, 2.75) is 31.4 Å². The second-order valence-corrected chi connectivity index (χ2v) is 6.60. The molecule has 7 atom stereocenters. The van der Waals surface area contributed by atoms with Crippen LogP contribution in [0.15, 0.2) is 30.3 Å². The molecule has 104 valence electrons. The van der Waals surface area contributed by atoms with Gasteiger partial charge in [-0.1, -0.05) is 30.3 Å². The molecule has 1 aromatic carbocycles. The molecule has 2 bridgehead atoms. The van der Waals surface area contributed by atoms with E-state index in [2.05, 4.69) is 0 Å². The number of ether oxygens (including phenoxy) is 1. The minimum atomic E-state index is -0.422. The third-order valence-electron chi connectivity index (χ3n) is 5.81. The Balaban J connectivity index is 1.49. The maximum atomic E-state index is 12.7. The lowest BCUT2D eigenvalue weighted by Crippen LogP contribution is -2.43.